The molecule has 0 bridgehead atoms. The second-order valence-electron chi connectivity index (χ2n) is 6.25. The number of hydrogen-bond acceptors (Lipinski definition) is 5. The number of aromatic nitrogens is 1. The van der Waals surface area contributed by atoms with E-state index in [4.69, 9.17) is 10.2 Å². The van der Waals surface area contributed by atoms with Crippen LogP contribution in [0.2, 0.25) is 0 Å². The molecule has 2 N–H and O–H groups in total. The van der Waals surface area contributed by atoms with Gasteiger partial charge in [0.05, 0.1) is 5.69 Å². The Hall–Kier alpha value is -2.02. The number of fused-ring (bicyclic) bond motifs is 1. The van der Waals surface area contributed by atoms with E-state index in [0.29, 0.717) is 17.2 Å². The summed E-state index contributed by atoms with van der Waals surface area (Å²) in [4.78, 5) is 20.2. The molecule has 0 radical (unpaired) electrons. The largest absolute Gasteiger partial charge is 0.459 e. The number of aryl methyl sites for hydroxylation is 2. The zero-order valence-electron chi connectivity index (χ0n) is 15.0. The zero-order chi connectivity index (χ0) is 17.6. The minimum Gasteiger partial charge on any atom is -0.459 e. The summed E-state index contributed by atoms with van der Waals surface area (Å²) in [6, 6.07) is 9.55. The Balaban J connectivity index is 0.00000131. The molecular formula is C19H21Cl2N3O2S. The van der Waals surface area contributed by atoms with Crippen molar-refractivity contribution in [1.82, 2.24) is 4.98 Å². The lowest BCUT2D eigenvalue weighted by molar-refractivity contribution is 0.0988. The first-order chi connectivity index (χ1) is 12.0. The number of nitrogens with zero attached hydrogens (tertiary/aromatic N) is 2. The maximum atomic E-state index is 13.2. The molecule has 2 aromatic heterocycles. The molecule has 0 saturated heterocycles. The maximum absolute atomic E-state index is 13.2. The molecule has 144 valence electrons. The van der Waals surface area contributed by atoms with E-state index < -0.39 is 0 Å². The molecule has 1 aliphatic heterocycles. The van der Waals surface area contributed by atoms with Crippen molar-refractivity contribution < 1.29 is 9.21 Å². The highest BCUT2D eigenvalue weighted by Gasteiger charge is 2.28. The number of nitrogen functional groups attached to an aromatic ring is 1. The molecule has 27 heavy (non-hydrogen) atoms. The van der Waals surface area contributed by atoms with E-state index in [2.05, 4.69) is 4.98 Å². The molecule has 0 atom stereocenters. The van der Waals surface area contributed by atoms with Crippen molar-refractivity contribution in [1.29, 1.82) is 0 Å². The van der Waals surface area contributed by atoms with Gasteiger partial charge in [-0.25, -0.2) is 4.98 Å². The fourth-order valence-electron chi connectivity index (χ4n) is 3.23. The number of anilines is 2. The predicted octanol–water partition coefficient (Wildman–Crippen LogP) is 5.04. The van der Waals surface area contributed by atoms with Crippen LogP contribution >= 0.6 is 36.2 Å². The van der Waals surface area contributed by atoms with Crippen LogP contribution in [-0.2, 0) is 6.42 Å². The lowest BCUT2D eigenvalue weighted by atomic mass is 9.99. The van der Waals surface area contributed by atoms with Gasteiger partial charge in [-0.1, -0.05) is 6.07 Å². The number of halogens is 2. The van der Waals surface area contributed by atoms with Gasteiger partial charge in [-0.3, -0.25) is 4.79 Å². The second kappa shape index (κ2) is 8.33. The van der Waals surface area contributed by atoms with Crippen LogP contribution < -0.4 is 10.6 Å². The van der Waals surface area contributed by atoms with Gasteiger partial charge in [0.25, 0.3) is 5.91 Å². The first kappa shape index (κ1) is 21.3. The van der Waals surface area contributed by atoms with Crippen molar-refractivity contribution in [3.8, 4) is 10.8 Å². The van der Waals surface area contributed by atoms with Crippen LogP contribution in [0.3, 0.4) is 0 Å². The van der Waals surface area contributed by atoms with Gasteiger partial charge in [0.1, 0.15) is 10.6 Å². The minimum atomic E-state index is -0.0175. The van der Waals surface area contributed by atoms with E-state index in [1.54, 1.807) is 0 Å². The molecule has 1 amide bonds. The average molecular weight is 426 g/mol. The summed E-state index contributed by atoms with van der Waals surface area (Å²) in [5, 5.41) is 0.735. The molecule has 0 aliphatic carbocycles. The van der Waals surface area contributed by atoms with Crippen molar-refractivity contribution in [3.05, 3.63) is 52.2 Å². The van der Waals surface area contributed by atoms with Crippen molar-refractivity contribution in [3.63, 3.8) is 0 Å². The lowest BCUT2D eigenvalue weighted by Crippen LogP contribution is -2.35. The number of amides is 1. The third kappa shape index (κ3) is 3.83. The Labute approximate surface area is 174 Å². The molecular weight excluding hydrogens is 405 g/mol. The third-order valence-corrected chi connectivity index (χ3v) is 5.63. The molecule has 3 heterocycles. The summed E-state index contributed by atoms with van der Waals surface area (Å²) in [6.07, 6.45) is 1.82. The Kier molecular flexibility index (Phi) is 6.57. The van der Waals surface area contributed by atoms with Gasteiger partial charge >= 0.3 is 0 Å². The van der Waals surface area contributed by atoms with E-state index >= 15 is 0 Å². The molecule has 3 aromatic rings. The summed E-state index contributed by atoms with van der Waals surface area (Å²) in [7, 11) is 0. The molecule has 0 saturated carbocycles. The number of hydrogen-bond donors (Lipinski definition) is 1. The first-order valence-electron chi connectivity index (χ1n) is 8.28. The highest BCUT2D eigenvalue weighted by Crippen LogP contribution is 2.35. The third-order valence-electron chi connectivity index (χ3n) is 4.47. The smallest absolute Gasteiger partial charge is 0.270 e. The number of furan rings is 1. The van der Waals surface area contributed by atoms with Crippen LogP contribution in [-0.4, -0.2) is 17.4 Å². The molecule has 1 aromatic carbocycles. The predicted molar refractivity (Wildman–Crippen MR) is 115 cm³/mol. The number of benzene rings is 1. The van der Waals surface area contributed by atoms with Crippen LogP contribution in [0.5, 0.6) is 0 Å². The Morgan fingerprint density at radius 3 is 2.70 bits per heavy atom. The van der Waals surface area contributed by atoms with Crippen LogP contribution in [0.25, 0.3) is 10.8 Å². The Morgan fingerprint density at radius 1 is 1.22 bits per heavy atom. The van der Waals surface area contributed by atoms with E-state index in [0.717, 1.165) is 46.2 Å². The van der Waals surface area contributed by atoms with Crippen LogP contribution in [0.15, 0.2) is 34.7 Å². The van der Waals surface area contributed by atoms with Crippen LogP contribution in [0, 0.1) is 13.8 Å². The van der Waals surface area contributed by atoms with Crippen molar-refractivity contribution in [2.75, 3.05) is 17.2 Å². The van der Waals surface area contributed by atoms with Crippen molar-refractivity contribution in [2.24, 2.45) is 0 Å². The van der Waals surface area contributed by atoms with E-state index in [9.17, 15) is 4.79 Å². The minimum absolute atomic E-state index is 0. The van der Waals surface area contributed by atoms with E-state index in [-0.39, 0.29) is 30.7 Å². The van der Waals surface area contributed by atoms with Gasteiger partial charge in [0, 0.05) is 17.9 Å². The number of nitrogens with two attached hydrogens (primary N) is 1. The average Bonchev–Trinajstić information content (AvgIpc) is 3.20. The Bertz CT molecular complexity index is 968. The maximum Gasteiger partial charge on any atom is 0.270 e. The van der Waals surface area contributed by atoms with Gasteiger partial charge < -0.3 is 15.1 Å². The highest BCUT2D eigenvalue weighted by molar-refractivity contribution is 7.17. The van der Waals surface area contributed by atoms with Gasteiger partial charge in [0.15, 0.2) is 10.8 Å². The summed E-state index contributed by atoms with van der Waals surface area (Å²) in [6.45, 7) is 4.46. The zero-order valence-corrected chi connectivity index (χ0v) is 17.5. The van der Waals surface area contributed by atoms with Gasteiger partial charge in [-0.2, -0.15) is 0 Å². The summed E-state index contributed by atoms with van der Waals surface area (Å²) in [5.74, 6) is 1.51. The van der Waals surface area contributed by atoms with Crippen LogP contribution in [0.4, 0.5) is 11.4 Å². The monoisotopic (exact) mass is 425 g/mol. The molecule has 8 heteroatoms. The molecule has 5 nitrogen and oxygen atoms in total. The van der Waals surface area contributed by atoms with Crippen molar-refractivity contribution in [2.45, 2.75) is 26.7 Å². The topological polar surface area (TPSA) is 72.4 Å². The van der Waals surface area contributed by atoms with Gasteiger partial charge in [-0.15, -0.1) is 36.2 Å². The fourth-order valence-corrected chi connectivity index (χ4v) is 4.21. The Morgan fingerprint density at radius 2 is 2.00 bits per heavy atom. The summed E-state index contributed by atoms with van der Waals surface area (Å²) >= 11 is 1.38. The standard InChI is InChI=1S/C19H19N3O2S.2ClH/c1-11-8-9-16(24-11)18-21-12(2)17(25-18)19(23)22-10-4-5-13-14(20)6-3-7-15(13)22;;/h3,6-9H,4-5,10,20H2,1-2H3;2*1H. The SMILES string of the molecule is Cc1ccc(-c2nc(C)c(C(=O)N3CCCc4c(N)cccc43)s2)o1.Cl.Cl. The van der Waals surface area contributed by atoms with Crippen molar-refractivity contribution >= 4 is 53.4 Å². The normalized spacial score (nSPS) is 12.7. The first-order valence-corrected chi connectivity index (χ1v) is 9.09. The highest BCUT2D eigenvalue weighted by atomic mass is 35.5. The van der Waals surface area contributed by atoms with Gasteiger partial charge in [-0.05, 0) is 56.5 Å². The summed E-state index contributed by atoms with van der Waals surface area (Å²) in [5.41, 5.74) is 9.56. The molecule has 0 spiro atoms. The van der Waals surface area contributed by atoms with Crippen LogP contribution in [0.1, 0.15) is 33.1 Å². The number of carbonyl (C=O) groups excluding carboxylic acids is 1. The number of thiazole rings is 1. The quantitative estimate of drug-likeness (QED) is 0.583. The molecule has 0 fully saturated rings. The lowest BCUT2D eigenvalue weighted by Gasteiger charge is -2.30. The van der Waals surface area contributed by atoms with E-state index in [1.807, 2.05) is 49.1 Å². The molecule has 1 aliphatic rings. The van der Waals surface area contributed by atoms with E-state index in [1.165, 1.54) is 11.3 Å². The molecule has 4 rings (SSSR count). The molecule has 0 unspecified atom stereocenters. The second-order valence-corrected chi connectivity index (χ2v) is 7.25. The fraction of sp³-hybridized carbons (Fsp3) is 0.263. The number of rotatable bonds is 2. The summed E-state index contributed by atoms with van der Waals surface area (Å²) < 4.78 is 5.64. The number of carbonyl (C=O) groups is 1. The van der Waals surface area contributed by atoms with Gasteiger partial charge in [0.2, 0.25) is 0 Å².